The summed E-state index contributed by atoms with van der Waals surface area (Å²) in [5.41, 5.74) is 1.97. The second kappa shape index (κ2) is 4.88. The highest BCUT2D eigenvalue weighted by Crippen LogP contribution is 2.46. The van der Waals surface area contributed by atoms with E-state index in [1.807, 2.05) is 29.1 Å². The van der Waals surface area contributed by atoms with Gasteiger partial charge in [0.25, 0.3) is 0 Å². The first-order chi connectivity index (χ1) is 9.92. The first-order valence-corrected chi connectivity index (χ1v) is 7.91. The minimum Gasteiger partial charge on any atom is -0.485 e. The summed E-state index contributed by atoms with van der Waals surface area (Å²) in [6.07, 6.45) is 3.59. The Morgan fingerprint density at radius 2 is 2.05 bits per heavy atom. The van der Waals surface area contributed by atoms with Crippen LogP contribution in [0.3, 0.4) is 0 Å². The zero-order chi connectivity index (χ0) is 13.4. The van der Waals surface area contributed by atoms with Gasteiger partial charge in [-0.1, -0.05) is 0 Å². The highest BCUT2D eigenvalue weighted by Gasteiger charge is 2.21. The van der Waals surface area contributed by atoms with Gasteiger partial charge in [-0.3, -0.25) is 4.98 Å². The monoisotopic (exact) mass is 302 g/mol. The van der Waals surface area contributed by atoms with Crippen LogP contribution in [0.2, 0.25) is 0 Å². The van der Waals surface area contributed by atoms with Crippen molar-refractivity contribution in [1.29, 1.82) is 0 Å². The Morgan fingerprint density at radius 3 is 2.95 bits per heavy atom. The number of thiazole rings is 1. The number of hydrogen-bond donors (Lipinski definition) is 0. The first-order valence-electron chi connectivity index (χ1n) is 6.15. The van der Waals surface area contributed by atoms with Gasteiger partial charge in [0.15, 0.2) is 11.5 Å². The molecule has 1 aliphatic heterocycles. The first kappa shape index (κ1) is 11.9. The molecule has 0 saturated heterocycles. The van der Waals surface area contributed by atoms with Crippen LogP contribution < -0.4 is 9.47 Å². The van der Waals surface area contributed by atoms with Crippen molar-refractivity contribution in [2.45, 2.75) is 0 Å². The highest BCUT2D eigenvalue weighted by atomic mass is 32.1. The number of hydrogen-bond acceptors (Lipinski definition) is 6. The highest BCUT2D eigenvalue weighted by molar-refractivity contribution is 7.16. The zero-order valence-electron chi connectivity index (χ0n) is 10.4. The maximum atomic E-state index is 5.70. The van der Waals surface area contributed by atoms with E-state index in [1.54, 1.807) is 28.9 Å². The van der Waals surface area contributed by atoms with Crippen molar-refractivity contribution in [3.63, 3.8) is 0 Å². The molecule has 4 nitrogen and oxygen atoms in total. The summed E-state index contributed by atoms with van der Waals surface area (Å²) in [5.74, 6) is 1.65. The average Bonchev–Trinajstić information content (AvgIpc) is 3.14. The largest absolute Gasteiger partial charge is 0.485 e. The van der Waals surface area contributed by atoms with Gasteiger partial charge >= 0.3 is 0 Å². The lowest BCUT2D eigenvalue weighted by molar-refractivity contribution is 0.174. The van der Waals surface area contributed by atoms with Crippen molar-refractivity contribution in [2.24, 2.45) is 0 Å². The van der Waals surface area contributed by atoms with Crippen LogP contribution in [0.15, 0.2) is 35.3 Å². The molecule has 0 atom stereocenters. The molecule has 20 heavy (non-hydrogen) atoms. The molecule has 3 aromatic heterocycles. The summed E-state index contributed by atoms with van der Waals surface area (Å²) in [5, 5.41) is 4.99. The summed E-state index contributed by atoms with van der Waals surface area (Å²) >= 11 is 3.22. The van der Waals surface area contributed by atoms with E-state index in [0.29, 0.717) is 13.2 Å². The van der Waals surface area contributed by atoms with Gasteiger partial charge < -0.3 is 9.47 Å². The van der Waals surface area contributed by atoms with Crippen molar-refractivity contribution in [1.82, 2.24) is 9.97 Å². The van der Waals surface area contributed by atoms with Gasteiger partial charge in [0, 0.05) is 28.7 Å². The molecule has 0 amide bonds. The molecule has 3 aromatic rings. The summed E-state index contributed by atoms with van der Waals surface area (Å²) in [4.78, 5) is 9.85. The number of ether oxygens (including phenoxy) is 2. The normalized spacial score (nSPS) is 13.4. The van der Waals surface area contributed by atoms with E-state index in [9.17, 15) is 0 Å². The number of pyridine rings is 1. The SMILES string of the molecule is c1cncc(-c2nc(-c3scc4c3OCCO4)cs2)c1. The van der Waals surface area contributed by atoms with E-state index in [2.05, 4.69) is 9.97 Å². The molecule has 0 bridgehead atoms. The van der Waals surface area contributed by atoms with Crippen LogP contribution in [0.25, 0.3) is 21.1 Å². The predicted molar refractivity (Wildman–Crippen MR) is 79.6 cm³/mol. The van der Waals surface area contributed by atoms with Crippen LogP contribution in [0.5, 0.6) is 11.5 Å². The Balaban J connectivity index is 1.74. The van der Waals surface area contributed by atoms with E-state index in [1.165, 1.54) is 0 Å². The molecule has 4 rings (SSSR count). The number of aromatic nitrogens is 2. The van der Waals surface area contributed by atoms with E-state index >= 15 is 0 Å². The lowest BCUT2D eigenvalue weighted by Gasteiger charge is -2.15. The second-order valence-electron chi connectivity index (χ2n) is 4.23. The van der Waals surface area contributed by atoms with Crippen LogP contribution in [-0.4, -0.2) is 23.2 Å². The van der Waals surface area contributed by atoms with Gasteiger partial charge in [0.1, 0.15) is 18.2 Å². The van der Waals surface area contributed by atoms with Crippen LogP contribution in [0.1, 0.15) is 0 Å². The maximum absolute atomic E-state index is 5.70. The molecule has 0 radical (unpaired) electrons. The Morgan fingerprint density at radius 1 is 1.10 bits per heavy atom. The van der Waals surface area contributed by atoms with Crippen molar-refractivity contribution < 1.29 is 9.47 Å². The second-order valence-corrected chi connectivity index (χ2v) is 5.97. The quantitative estimate of drug-likeness (QED) is 0.724. The molecule has 0 saturated carbocycles. The molecule has 0 aromatic carbocycles. The fourth-order valence-electron chi connectivity index (χ4n) is 2.04. The molecular weight excluding hydrogens is 292 g/mol. The van der Waals surface area contributed by atoms with Crippen LogP contribution in [-0.2, 0) is 0 Å². The molecule has 0 spiro atoms. The molecule has 0 unspecified atom stereocenters. The van der Waals surface area contributed by atoms with E-state index in [-0.39, 0.29) is 0 Å². The summed E-state index contributed by atoms with van der Waals surface area (Å²) < 4.78 is 11.3. The number of nitrogens with zero attached hydrogens (tertiary/aromatic N) is 2. The third-order valence-corrected chi connectivity index (χ3v) is 4.80. The minimum atomic E-state index is 0.594. The Kier molecular flexibility index (Phi) is 2.90. The van der Waals surface area contributed by atoms with Crippen LogP contribution in [0, 0.1) is 0 Å². The Bertz CT molecular complexity index is 737. The standard InChI is InChI=1S/C14H10N2O2S2/c1-2-9(6-15-3-1)14-16-10(7-20-14)13-12-11(8-19-13)17-4-5-18-12/h1-3,6-8H,4-5H2. The number of rotatable bonds is 2. The van der Waals surface area contributed by atoms with Gasteiger partial charge in [-0.05, 0) is 12.1 Å². The Hall–Kier alpha value is -1.92. The van der Waals surface area contributed by atoms with Crippen LogP contribution in [0.4, 0.5) is 0 Å². The topological polar surface area (TPSA) is 44.2 Å². The van der Waals surface area contributed by atoms with Crippen molar-refractivity contribution in [2.75, 3.05) is 13.2 Å². The molecular formula is C14H10N2O2S2. The number of thiophene rings is 1. The van der Waals surface area contributed by atoms with Gasteiger partial charge in [-0.15, -0.1) is 22.7 Å². The lowest BCUT2D eigenvalue weighted by Crippen LogP contribution is -2.14. The molecule has 100 valence electrons. The van der Waals surface area contributed by atoms with E-state index in [4.69, 9.17) is 9.47 Å². The molecule has 1 aliphatic rings. The number of fused-ring (bicyclic) bond motifs is 1. The van der Waals surface area contributed by atoms with E-state index in [0.717, 1.165) is 32.6 Å². The van der Waals surface area contributed by atoms with Crippen molar-refractivity contribution in [3.05, 3.63) is 35.3 Å². The van der Waals surface area contributed by atoms with Crippen molar-refractivity contribution >= 4 is 22.7 Å². The van der Waals surface area contributed by atoms with Gasteiger partial charge in [-0.2, -0.15) is 0 Å². The predicted octanol–water partition coefficient (Wildman–Crippen LogP) is 3.70. The van der Waals surface area contributed by atoms with Gasteiger partial charge in [0.05, 0.1) is 10.6 Å². The molecule has 6 heteroatoms. The molecule has 0 fully saturated rings. The molecule has 4 heterocycles. The third kappa shape index (κ3) is 1.97. The lowest BCUT2D eigenvalue weighted by atomic mass is 10.3. The Labute approximate surface area is 123 Å². The molecule has 0 N–H and O–H groups in total. The maximum Gasteiger partial charge on any atom is 0.181 e. The fourth-order valence-corrected chi connectivity index (χ4v) is 3.81. The van der Waals surface area contributed by atoms with Crippen molar-refractivity contribution in [3.8, 4) is 32.6 Å². The van der Waals surface area contributed by atoms with E-state index < -0.39 is 0 Å². The summed E-state index contributed by atoms with van der Waals surface area (Å²) in [7, 11) is 0. The summed E-state index contributed by atoms with van der Waals surface area (Å²) in [6.45, 7) is 1.21. The fraction of sp³-hybridized carbons (Fsp3) is 0.143. The third-order valence-electron chi connectivity index (χ3n) is 2.95. The van der Waals surface area contributed by atoms with Gasteiger partial charge in [0.2, 0.25) is 0 Å². The smallest absolute Gasteiger partial charge is 0.181 e. The summed E-state index contributed by atoms with van der Waals surface area (Å²) in [6, 6.07) is 3.93. The zero-order valence-corrected chi connectivity index (χ0v) is 12.0. The molecule has 0 aliphatic carbocycles. The van der Waals surface area contributed by atoms with Crippen LogP contribution >= 0.6 is 22.7 Å². The van der Waals surface area contributed by atoms with Gasteiger partial charge in [-0.25, -0.2) is 4.98 Å². The minimum absolute atomic E-state index is 0.594. The average molecular weight is 302 g/mol.